The van der Waals surface area contributed by atoms with E-state index < -0.39 is 5.41 Å². The Kier molecular flexibility index (Phi) is 6.57. The summed E-state index contributed by atoms with van der Waals surface area (Å²) in [7, 11) is 0. The molecule has 0 aliphatic heterocycles. The van der Waals surface area contributed by atoms with Crippen LogP contribution in [0.25, 0.3) is 0 Å². The van der Waals surface area contributed by atoms with Gasteiger partial charge in [0.05, 0.1) is 6.61 Å². The van der Waals surface area contributed by atoms with Gasteiger partial charge in [0.2, 0.25) is 5.91 Å². The number of nitrogens with zero attached hydrogens (tertiary/aromatic N) is 2. The van der Waals surface area contributed by atoms with Gasteiger partial charge in [-0.15, -0.1) is 0 Å². The Morgan fingerprint density at radius 1 is 1.47 bits per heavy atom. The van der Waals surface area contributed by atoms with E-state index in [1.54, 1.807) is 18.7 Å². The predicted molar refractivity (Wildman–Crippen MR) is 65.9 cm³/mol. The zero-order valence-electron chi connectivity index (χ0n) is 11.1. The maximum atomic E-state index is 12.2. The molecular weight excluding hydrogens is 222 g/mol. The third-order valence-electron chi connectivity index (χ3n) is 2.66. The maximum absolute atomic E-state index is 12.2. The highest BCUT2D eigenvalue weighted by Crippen LogP contribution is 2.19. The van der Waals surface area contributed by atoms with Gasteiger partial charge in [-0.2, -0.15) is 0 Å². The molecule has 3 N–H and O–H groups in total. The average molecular weight is 245 g/mol. The largest absolute Gasteiger partial charge is 0.409 e. The molecule has 1 amide bonds. The highest BCUT2D eigenvalue weighted by molar-refractivity contribution is 6.05. The van der Waals surface area contributed by atoms with Crippen LogP contribution >= 0.6 is 0 Å². The molecule has 17 heavy (non-hydrogen) atoms. The molecule has 0 aromatic heterocycles. The van der Waals surface area contributed by atoms with Crippen LogP contribution in [0.1, 0.15) is 27.7 Å². The van der Waals surface area contributed by atoms with Crippen molar-refractivity contribution in [2.45, 2.75) is 27.7 Å². The zero-order valence-corrected chi connectivity index (χ0v) is 11.1. The molecule has 6 nitrogen and oxygen atoms in total. The Hall–Kier alpha value is -1.30. The molecule has 100 valence electrons. The van der Waals surface area contributed by atoms with Gasteiger partial charge in [-0.1, -0.05) is 5.16 Å². The van der Waals surface area contributed by atoms with Gasteiger partial charge in [-0.05, 0) is 27.7 Å². The quantitative estimate of drug-likeness (QED) is 0.226. The van der Waals surface area contributed by atoms with Gasteiger partial charge in [-0.25, -0.2) is 0 Å². The lowest BCUT2D eigenvalue weighted by molar-refractivity contribution is -0.137. The minimum Gasteiger partial charge on any atom is -0.409 e. The molecule has 0 unspecified atom stereocenters. The van der Waals surface area contributed by atoms with E-state index in [2.05, 4.69) is 5.16 Å². The van der Waals surface area contributed by atoms with E-state index in [4.69, 9.17) is 15.7 Å². The fourth-order valence-electron chi connectivity index (χ4n) is 1.35. The Labute approximate surface area is 102 Å². The first kappa shape index (κ1) is 15.7. The summed E-state index contributed by atoms with van der Waals surface area (Å²) in [5, 5.41) is 11.6. The molecule has 0 saturated heterocycles. The van der Waals surface area contributed by atoms with Crippen LogP contribution in [0.4, 0.5) is 0 Å². The molecule has 0 spiro atoms. The van der Waals surface area contributed by atoms with Gasteiger partial charge in [0.25, 0.3) is 0 Å². The summed E-state index contributed by atoms with van der Waals surface area (Å²) in [6, 6.07) is 0. The summed E-state index contributed by atoms with van der Waals surface area (Å²) < 4.78 is 5.21. The van der Waals surface area contributed by atoms with Gasteiger partial charge in [0.1, 0.15) is 5.41 Å². The van der Waals surface area contributed by atoms with E-state index >= 15 is 0 Å². The Bertz CT molecular complexity index is 277. The van der Waals surface area contributed by atoms with E-state index in [1.807, 2.05) is 13.8 Å². The number of rotatable bonds is 7. The SMILES string of the molecule is CCOCCN(CC)C(=O)C(C)(C)C(N)=NO. The van der Waals surface area contributed by atoms with Gasteiger partial charge in [-0.3, -0.25) is 4.79 Å². The van der Waals surface area contributed by atoms with E-state index in [9.17, 15) is 4.79 Å². The lowest BCUT2D eigenvalue weighted by Gasteiger charge is -2.30. The second kappa shape index (κ2) is 7.11. The topological polar surface area (TPSA) is 88.2 Å². The van der Waals surface area contributed by atoms with Crippen LogP contribution in [0.3, 0.4) is 0 Å². The summed E-state index contributed by atoms with van der Waals surface area (Å²) in [4.78, 5) is 13.8. The maximum Gasteiger partial charge on any atom is 0.236 e. The number of oxime groups is 1. The molecule has 0 aromatic rings. The molecule has 0 aliphatic carbocycles. The van der Waals surface area contributed by atoms with Gasteiger partial charge in [0, 0.05) is 19.7 Å². The molecule has 0 aromatic carbocycles. The Morgan fingerprint density at radius 3 is 2.47 bits per heavy atom. The highest BCUT2D eigenvalue weighted by Gasteiger charge is 2.35. The number of carbonyl (C=O) groups excluding carboxylic acids is 1. The summed E-state index contributed by atoms with van der Waals surface area (Å²) in [6.45, 7) is 9.23. The number of carbonyl (C=O) groups is 1. The van der Waals surface area contributed by atoms with Crippen LogP contribution in [-0.4, -0.2) is 48.2 Å². The number of amides is 1. The monoisotopic (exact) mass is 245 g/mol. The van der Waals surface area contributed by atoms with Crippen LogP contribution in [0, 0.1) is 5.41 Å². The van der Waals surface area contributed by atoms with Crippen molar-refractivity contribution in [1.29, 1.82) is 0 Å². The van der Waals surface area contributed by atoms with Crippen molar-refractivity contribution in [2.75, 3.05) is 26.3 Å². The van der Waals surface area contributed by atoms with E-state index in [0.29, 0.717) is 26.3 Å². The average Bonchev–Trinajstić information content (AvgIpc) is 2.32. The summed E-state index contributed by atoms with van der Waals surface area (Å²) in [6.07, 6.45) is 0. The number of hydrogen-bond donors (Lipinski definition) is 2. The molecule has 0 rings (SSSR count). The van der Waals surface area contributed by atoms with Crippen molar-refractivity contribution >= 4 is 11.7 Å². The first-order valence-corrected chi connectivity index (χ1v) is 5.76. The normalized spacial score (nSPS) is 12.6. The van der Waals surface area contributed by atoms with E-state index in [1.165, 1.54) is 0 Å². The molecule has 0 atom stereocenters. The zero-order chi connectivity index (χ0) is 13.5. The molecule has 0 aliphatic rings. The van der Waals surface area contributed by atoms with Crippen molar-refractivity contribution in [3.8, 4) is 0 Å². The standard InChI is InChI=1S/C11H23N3O3/c1-5-14(7-8-17-6-2)10(15)11(3,4)9(12)13-16/h16H,5-8H2,1-4H3,(H2,12,13). The molecular formula is C11H23N3O3. The van der Waals surface area contributed by atoms with Crippen LogP contribution in [0.5, 0.6) is 0 Å². The van der Waals surface area contributed by atoms with Crippen LogP contribution < -0.4 is 5.73 Å². The fraction of sp³-hybridized carbons (Fsp3) is 0.818. The number of hydrogen-bond acceptors (Lipinski definition) is 4. The lowest BCUT2D eigenvalue weighted by Crippen LogP contribution is -2.48. The van der Waals surface area contributed by atoms with Crippen molar-refractivity contribution in [2.24, 2.45) is 16.3 Å². The first-order valence-electron chi connectivity index (χ1n) is 5.76. The van der Waals surface area contributed by atoms with E-state index in [-0.39, 0.29) is 11.7 Å². The second-order valence-corrected chi connectivity index (χ2v) is 4.19. The lowest BCUT2D eigenvalue weighted by atomic mass is 9.90. The molecule has 0 bridgehead atoms. The van der Waals surface area contributed by atoms with Gasteiger partial charge >= 0.3 is 0 Å². The molecule has 6 heteroatoms. The second-order valence-electron chi connectivity index (χ2n) is 4.19. The number of nitrogens with two attached hydrogens (primary N) is 1. The van der Waals surface area contributed by atoms with Crippen molar-refractivity contribution < 1.29 is 14.7 Å². The number of amidine groups is 1. The first-order chi connectivity index (χ1) is 7.91. The van der Waals surface area contributed by atoms with E-state index in [0.717, 1.165) is 0 Å². The fourth-order valence-corrected chi connectivity index (χ4v) is 1.35. The smallest absolute Gasteiger partial charge is 0.236 e. The van der Waals surface area contributed by atoms with Crippen LogP contribution in [-0.2, 0) is 9.53 Å². The third kappa shape index (κ3) is 4.22. The summed E-state index contributed by atoms with van der Waals surface area (Å²) in [5.41, 5.74) is 4.52. The Balaban J connectivity index is 4.63. The highest BCUT2D eigenvalue weighted by atomic mass is 16.5. The van der Waals surface area contributed by atoms with Gasteiger partial charge in [0.15, 0.2) is 5.84 Å². The predicted octanol–water partition coefficient (Wildman–Crippen LogP) is 0.644. The molecule has 0 radical (unpaired) electrons. The van der Waals surface area contributed by atoms with Crippen LogP contribution in [0.2, 0.25) is 0 Å². The van der Waals surface area contributed by atoms with Gasteiger partial charge < -0.3 is 20.6 Å². The molecule has 0 saturated carbocycles. The molecule has 0 heterocycles. The van der Waals surface area contributed by atoms with Crippen molar-refractivity contribution in [1.82, 2.24) is 4.90 Å². The van der Waals surface area contributed by atoms with Crippen molar-refractivity contribution in [3.63, 3.8) is 0 Å². The number of likely N-dealkylation sites (N-methyl/N-ethyl adjacent to an activating group) is 1. The minimum atomic E-state index is -1.00. The molecule has 0 fully saturated rings. The Morgan fingerprint density at radius 2 is 2.06 bits per heavy atom. The summed E-state index contributed by atoms with van der Waals surface area (Å²) >= 11 is 0. The summed E-state index contributed by atoms with van der Waals surface area (Å²) in [5.74, 6) is -0.257. The third-order valence-corrected chi connectivity index (χ3v) is 2.66. The van der Waals surface area contributed by atoms with Crippen LogP contribution in [0.15, 0.2) is 5.16 Å². The van der Waals surface area contributed by atoms with Crippen molar-refractivity contribution in [3.05, 3.63) is 0 Å². The minimum absolute atomic E-state index is 0.0858. The number of ether oxygens (including phenoxy) is 1.